The zero-order valence-electron chi connectivity index (χ0n) is 5.51. The van der Waals surface area contributed by atoms with Gasteiger partial charge in [-0.3, -0.25) is 9.59 Å². The SMILES string of the molecule is C[CH]OC(=O)CC(C)=O. The third-order valence-electron chi connectivity index (χ3n) is 0.643. The maximum Gasteiger partial charge on any atom is 0.313 e. The molecule has 0 rings (SSSR count). The van der Waals surface area contributed by atoms with Crippen molar-refractivity contribution in [3.63, 3.8) is 0 Å². The third-order valence-corrected chi connectivity index (χ3v) is 0.643. The van der Waals surface area contributed by atoms with Crippen LogP contribution in [0.5, 0.6) is 0 Å². The molecular formula is C6H9O3. The zero-order chi connectivity index (χ0) is 7.28. The van der Waals surface area contributed by atoms with Crippen molar-refractivity contribution in [1.29, 1.82) is 0 Å². The Labute approximate surface area is 54.0 Å². The first-order valence-electron chi connectivity index (χ1n) is 2.63. The van der Waals surface area contributed by atoms with E-state index in [0.29, 0.717) is 0 Å². The van der Waals surface area contributed by atoms with Crippen LogP contribution in [0.1, 0.15) is 20.3 Å². The van der Waals surface area contributed by atoms with Gasteiger partial charge in [0.1, 0.15) is 18.8 Å². The van der Waals surface area contributed by atoms with Gasteiger partial charge in [0.2, 0.25) is 0 Å². The first-order chi connectivity index (χ1) is 4.16. The van der Waals surface area contributed by atoms with E-state index in [-0.39, 0.29) is 12.2 Å². The van der Waals surface area contributed by atoms with E-state index >= 15 is 0 Å². The molecule has 0 aliphatic heterocycles. The average Bonchev–Trinajstić information content (AvgIpc) is 1.63. The monoisotopic (exact) mass is 129 g/mol. The number of ketones is 1. The van der Waals surface area contributed by atoms with Crippen LogP contribution in [0.2, 0.25) is 0 Å². The van der Waals surface area contributed by atoms with E-state index in [1.54, 1.807) is 6.92 Å². The molecule has 0 amide bonds. The second-order valence-electron chi connectivity index (χ2n) is 1.60. The Balaban J connectivity index is 3.39. The van der Waals surface area contributed by atoms with Gasteiger partial charge in [-0.1, -0.05) is 0 Å². The van der Waals surface area contributed by atoms with Crippen LogP contribution in [0.25, 0.3) is 0 Å². The molecule has 3 heteroatoms. The molecule has 0 heterocycles. The van der Waals surface area contributed by atoms with E-state index in [0.717, 1.165) is 0 Å². The molecule has 0 aliphatic rings. The molecule has 0 saturated heterocycles. The highest BCUT2D eigenvalue weighted by Gasteiger charge is 2.03. The van der Waals surface area contributed by atoms with E-state index in [1.807, 2.05) is 0 Å². The first-order valence-corrected chi connectivity index (χ1v) is 2.63. The predicted molar refractivity (Wildman–Crippen MR) is 31.4 cm³/mol. The minimum atomic E-state index is -0.495. The van der Waals surface area contributed by atoms with E-state index in [2.05, 4.69) is 4.74 Å². The summed E-state index contributed by atoms with van der Waals surface area (Å²) >= 11 is 0. The Morgan fingerprint density at radius 2 is 2.11 bits per heavy atom. The molecule has 0 atom stereocenters. The Hall–Kier alpha value is -0.860. The van der Waals surface area contributed by atoms with Gasteiger partial charge in [0, 0.05) is 0 Å². The summed E-state index contributed by atoms with van der Waals surface area (Å²) < 4.78 is 4.37. The number of Topliss-reactive ketones (excluding diaryl/α,β-unsaturated/α-hetero) is 1. The highest BCUT2D eigenvalue weighted by atomic mass is 16.5. The summed E-state index contributed by atoms with van der Waals surface area (Å²) in [4.78, 5) is 20.6. The molecule has 0 aromatic carbocycles. The molecule has 3 nitrogen and oxygen atoms in total. The normalized spacial score (nSPS) is 8.67. The third kappa shape index (κ3) is 5.00. The van der Waals surface area contributed by atoms with Crippen molar-refractivity contribution in [2.24, 2.45) is 0 Å². The van der Waals surface area contributed by atoms with Gasteiger partial charge in [0.25, 0.3) is 0 Å². The number of carbonyl (C=O) groups is 2. The summed E-state index contributed by atoms with van der Waals surface area (Å²) in [5, 5.41) is 0. The van der Waals surface area contributed by atoms with Gasteiger partial charge >= 0.3 is 5.97 Å². The van der Waals surface area contributed by atoms with Crippen LogP contribution in [0, 0.1) is 6.61 Å². The molecule has 0 unspecified atom stereocenters. The quantitative estimate of drug-likeness (QED) is 0.416. The van der Waals surface area contributed by atoms with Crippen molar-refractivity contribution >= 4 is 11.8 Å². The van der Waals surface area contributed by atoms with E-state index in [1.165, 1.54) is 13.5 Å². The first kappa shape index (κ1) is 8.14. The fourth-order valence-electron chi connectivity index (χ4n) is 0.376. The van der Waals surface area contributed by atoms with Crippen molar-refractivity contribution in [2.45, 2.75) is 20.3 Å². The van der Waals surface area contributed by atoms with Crippen molar-refractivity contribution in [3.05, 3.63) is 6.61 Å². The average molecular weight is 129 g/mol. The maximum absolute atomic E-state index is 10.4. The van der Waals surface area contributed by atoms with Crippen molar-refractivity contribution in [1.82, 2.24) is 0 Å². The van der Waals surface area contributed by atoms with Gasteiger partial charge in [-0.25, -0.2) is 0 Å². The van der Waals surface area contributed by atoms with Gasteiger partial charge < -0.3 is 4.74 Å². The molecular weight excluding hydrogens is 120 g/mol. The number of rotatable bonds is 3. The molecule has 0 N–H and O–H groups in total. The number of ether oxygens (including phenoxy) is 1. The molecule has 0 spiro atoms. The van der Waals surface area contributed by atoms with Gasteiger partial charge in [-0.15, -0.1) is 0 Å². The van der Waals surface area contributed by atoms with E-state index in [9.17, 15) is 9.59 Å². The molecule has 0 bridgehead atoms. The lowest BCUT2D eigenvalue weighted by atomic mass is 10.3. The van der Waals surface area contributed by atoms with E-state index in [4.69, 9.17) is 0 Å². The number of esters is 1. The molecule has 0 saturated carbocycles. The second kappa shape index (κ2) is 4.06. The Morgan fingerprint density at radius 1 is 1.56 bits per heavy atom. The van der Waals surface area contributed by atoms with Crippen LogP contribution in [0.3, 0.4) is 0 Å². The lowest BCUT2D eigenvalue weighted by Crippen LogP contribution is -2.05. The molecule has 0 aromatic heterocycles. The summed E-state index contributed by atoms with van der Waals surface area (Å²) in [7, 11) is 0. The van der Waals surface area contributed by atoms with Crippen LogP contribution >= 0.6 is 0 Å². The highest BCUT2D eigenvalue weighted by molar-refractivity contribution is 5.94. The summed E-state index contributed by atoms with van der Waals surface area (Å²) in [6.07, 6.45) is -0.135. The fraction of sp³-hybridized carbons (Fsp3) is 0.500. The minimum Gasteiger partial charge on any atom is -0.458 e. The summed E-state index contributed by atoms with van der Waals surface area (Å²) in [6.45, 7) is 4.18. The Kier molecular flexibility index (Phi) is 3.67. The van der Waals surface area contributed by atoms with Gasteiger partial charge in [0.05, 0.1) is 0 Å². The summed E-state index contributed by atoms with van der Waals surface area (Å²) in [5.41, 5.74) is 0. The standard InChI is InChI=1S/C6H9O3/c1-3-9-6(8)4-5(2)7/h3H,4H2,1-2H3. The number of hydrogen-bond acceptors (Lipinski definition) is 3. The lowest BCUT2D eigenvalue weighted by molar-refractivity contribution is -0.142. The molecule has 0 aromatic rings. The summed E-state index contributed by atoms with van der Waals surface area (Å²) in [6, 6.07) is 0. The largest absolute Gasteiger partial charge is 0.458 e. The van der Waals surface area contributed by atoms with Crippen molar-refractivity contribution in [2.75, 3.05) is 0 Å². The predicted octanol–water partition coefficient (Wildman–Crippen LogP) is 0.690. The van der Waals surface area contributed by atoms with Crippen molar-refractivity contribution in [3.8, 4) is 0 Å². The topological polar surface area (TPSA) is 43.4 Å². The van der Waals surface area contributed by atoms with Crippen LogP contribution in [-0.4, -0.2) is 11.8 Å². The van der Waals surface area contributed by atoms with Crippen LogP contribution in [-0.2, 0) is 14.3 Å². The smallest absolute Gasteiger partial charge is 0.313 e. The molecule has 0 fully saturated rings. The fourth-order valence-corrected chi connectivity index (χ4v) is 0.376. The lowest BCUT2D eigenvalue weighted by Gasteiger charge is -1.95. The van der Waals surface area contributed by atoms with Crippen LogP contribution in [0.15, 0.2) is 0 Å². The zero-order valence-corrected chi connectivity index (χ0v) is 5.51. The highest BCUT2D eigenvalue weighted by Crippen LogP contribution is 1.88. The molecule has 9 heavy (non-hydrogen) atoms. The van der Waals surface area contributed by atoms with Gasteiger partial charge in [-0.05, 0) is 13.8 Å². The van der Waals surface area contributed by atoms with Gasteiger partial charge in [-0.2, -0.15) is 0 Å². The Morgan fingerprint density at radius 3 is 2.44 bits per heavy atom. The van der Waals surface area contributed by atoms with E-state index < -0.39 is 5.97 Å². The molecule has 51 valence electrons. The minimum absolute atomic E-state index is 0.135. The van der Waals surface area contributed by atoms with Crippen LogP contribution < -0.4 is 0 Å². The molecule has 0 aliphatic carbocycles. The van der Waals surface area contributed by atoms with Gasteiger partial charge in [0.15, 0.2) is 0 Å². The van der Waals surface area contributed by atoms with Crippen molar-refractivity contribution < 1.29 is 14.3 Å². The maximum atomic E-state index is 10.4. The molecule has 1 radical (unpaired) electrons. The van der Waals surface area contributed by atoms with Crippen LogP contribution in [0.4, 0.5) is 0 Å². The Bertz CT molecular complexity index is 117. The second-order valence-corrected chi connectivity index (χ2v) is 1.60. The number of carbonyl (C=O) groups excluding carboxylic acids is 2. The summed E-state index contributed by atoms with van der Waals surface area (Å²) in [5.74, 6) is -0.674. The number of hydrogen-bond donors (Lipinski definition) is 0.